The SMILES string of the molecule is O=C(NC1CCCCNC1)c1ccc(-n2cnnn2)cc1. The second-order valence-corrected chi connectivity index (χ2v) is 5.17. The van der Waals surface area contributed by atoms with Gasteiger partial charge < -0.3 is 10.6 Å². The zero-order chi connectivity index (χ0) is 14.5. The third-order valence-corrected chi connectivity index (χ3v) is 3.63. The predicted molar refractivity (Wildman–Crippen MR) is 77.1 cm³/mol. The van der Waals surface area contributed by atoms with Gasteiger partial charge >= 0.3 is 0 Å². The Hall–Kier alpha value is -2.28. The molecule has 1 aliphatic rings. The standard InChI is InChI=1S/C14H18N6O/c21-14(17-12-3-1-2-8-15-9-12)11-4-6-13(7-5-11)20-10-16-18-19-20/h4-7,10,12,15H,1-3,8-9H2,(H,17,21). The maximum atomic E-state index is 12.2. The molecule has 1 aromatic carbocycles. The Morgan fingerprint density at radius 2 is 2.14 bits per heavy atom. The highest BCUT2D eigenvalue weighted by molar-refractivity contribution is 5.94. The molecule has 3 rings (SSSR count). The van der Waals surface area contributed by atoms with Crippen LogP contribution in [0.15, 0.2) is 30.6 Å². The second kappa shape index (κ2) is 6.45. The number of benzene rings is 1. The molecule has 7 heteroatoms. The molecular formula is C14H18N6O. The highest BCUT2D eigenvalue weighted by atomic mass is 16.1. The molecule has 2 heterocycles. The molecule has 7 nitrogen and oxygen atoms in total. The molecule has 1 unspecified atom stereocenters. The molecule has 0 radical (unpaired) electrons. The first-order valence-corrected chi connectivity index (χ1v) is 7.18. The summed E-state index contributed by atoms with van der Waals surface area (Å²) >= 11 is 0. The summed E-state index contributed by atoms with van der Waals surface area (Å²) in [4.78, 5) is 12.2. The topological polar surface area (TPSA) is 84.7 Å². The molecule has 21 heavy (non-hydrogen) atoms. The van der Waals surface area contributed by atoms with Crippen LogP contribution in [0.4, 0.5) is 0 Å². The van der Waals surface area contributed by atoms with Crippen molar-refractivity contribution in [3.63, 3.8) is 0 Å². The van der Waals surface area contributed by atoms with E-state index in [0.717, 1.165) is 31.6 Å². The molecule has 110 valence electrons. The summed E-state index contributed by atoms with van der Waals surface area (Å²) in [5.74, 6) is -0.0352. The number of tetrazole rings is 1. The first kappa shape index (κ1) is 13.7. The van der Waals surface area contributed by atoms with Gasteiger partial charge in [-0.1, -0.05) is 6.42 Å². The monoisotopic (exact) mass is 286 g/mol. The number of aromatic nitrogens is 4. The number of carbonyl (C=O) groups is 1. The van der Waals surface area contributed by atoms with Crippen molar-refractivity contribution < 1.29 is 4.79 Å². The summed E-state index contributed by atoms with van der Waals surface area (Å²) in [6.45, 7) is 1.88. The van der Waals surface area contributed by atoms with E-state index in [2.05, 4.69) is 26.2 Å². The normalized spacial score (nSPS) is 19.0. The van der Waals surface area contributed by atoms with Crippen molar-refractivity contribution in [1.82, 2.24) is 30.8 Å². The highest BCUT2D eigenvalue weighted by Crippen LogP contribution is 2.09. The Labute approximate surface area is 122 Å². The quantitative estimate of drug-likeness (QED) is 0.860. The van der Waals surface area contributed by atoms with Crippen molar-refractivity contribution in [3.05, 3.63) is 36.2 Å². The van der Waals surface area contributed by atoms with E-state index in [-0.39, 0.29) is 11.9 Å². The molecule has 0 bridgehead atoms. The van der Waals surface area contributed by atoms with E-state index in [4.69, 9.17) is 0 Å². The van der Waals surface area contributed by atoms with E-state index in [1.165, 1.54) is 12.7 Å². The summed E-state index contributed by atoms with van der Waals surface area (Å²) < 4.78 is 1.55. The predicted octanol–water partition coefficient (Wildman–Crippen LogP) is 0.534. The van der Waals surface area contributed by atoms with Crippen LogP contribution >= 0.6 is 0 Å². The lowest BCUT2D eigenvalue weighted by Crippen LogP contribution is -2.40. The zero-order valence-corrected chi connectivity index (χ0v) is 11.7. The van der Waals surface area contributed by atoms with Gasteiger partial charge in [-0.15, -0.1) is 5.10 Å². The summed E-state index contributed by atoms with van der Waals surface area (Å²) in [5, 5.41) is 17.4. The van der Waals surface area contributed by atoms with E-state index in [1.54, 1.807) is 16.8 Å². The first-order chi connectivity index (χ1) is 10.3. The van der Waals surface area contributed by atoms with Crippen molar-refractivity contribution in [1.29, 1.82) is 0 Å². The van der Waals surface area contributed by atoms with Gasteiger partial charge in [-0.05, 0) is 54.1 Å². The van der Waals surface area contributed by atoms with Gasteiger partial charge in [0.05, 0.1) is 5.69 Å². The second-order valence-electron chi connectivity index (χ2n) is 5.17. The number of hydrogen-bond donors (Lipinski definition) is 2. The number of hydrogen-bond acceptors (Lipinski definition) is 5. The van der Waals surface area contributed by atoms with Gasteiger partial charge in [0.1, 0.15) is 6.33 Å². The molecule has 1 aliphatic heterocycles. The maximum absolute atomic E-state index is 12.2. The number of carbonyl (C=O) groups excluding carboxylic acids is 1. The lowest BCUT2D eigenvalue weighted by Gasteiger charge is -2.16. The van der Waals surface area contributed by atoms with Crippen LogP contribution in [0.1, 0.15) is 29.6 Å². The fourth-order valence-corrected chi connectivity index (χ4v) is 2.46. The van der Waals surface area contributed by atoms with Crippen LogP contribution < -0.4 is 10.6 Å². The van der Waals surface area contributed by atoms with E-state index in [1.807, 2.05) is 12.1 Å². The molecule has 1 amide bonds. The highest BCUT2D eigenvalue weighted by Gasteiger charge is 2.15. The Balaban J connectivity index is 1.64. The smallest absolute Gasteiger partial charge is 0.251 e. The lowest BCUT2D eigenvalue weighted by molar-refractivity contribution is 0.0935. The lowest BCUT2D eigenvalue weighted by atomic mass is 10.1. The van der Waals surface area contributed by atoms with E-state index >= 15 is 0 Å². The van der Waals surface area contributed by atoms with Crippen LogP contribution in [0.25, 0.3) is 5.69 Å². The van der Waals surface area contributed by atoms with Crippen LogP contribution in [-0.4, -0.2) is 45.2 Å². The molecule has 1 fully saturated rings. The summed E-state index contributed by atoms with van der Waals surface area (Å²) in [7, 11) is 0. The Morgan fingerprint density at radius 3 is 2.90 bits per heavy atom. The van der Waals surface area contributed by atoms with Crippen LogP contribution in [0.2, 0.25) is 0 Å². The summed E-state index contributed by atoms with van der Waals surface area (Å²) in [6, 6.07) is 7.44. The minimum absolute atomic E-state index is 0.0352. The Kier molecular flexibility index (Phi) is 4.20. The molecule has 1 atom stereocenters. The van der Waals surface area contributed by atoms with Crippen LogP contribution in [0.3, 0.4) is 0 Å². The fraction of sp³-hybridized carbons (Fsp3) is 0.429. The molecule has 0 spiro atoms. The van der Waals surface area contributed by atoms with Crippen molar-refractivity contribution in [2.24, 2.45) is 0 Å². The van der Waals surface area contributed by atoms with Crippen molar-refractivity contribution >= 4 is 5.91 Å². The average Bonchev–Trinajstić information content (AvgIpc) is 2.93. The van der Waals surface area contributed by atoms with Gasteiger partial charge in [-0.2, -0.15) is 0 Å². The number of amides is 1. The average molecular weight is 286 g/mol. The van der Waals surface area contributed by atoms with Gasteiger partial charge in [0, 0.05) is 18.2 Å². The van der Waals surface area contributed by atoms with Crippen molar-refractivity contribution in [2.45, 2.75) is 25.3 Å². The van der Waals surface area contributed by atoms with Gasteiger partial charge in [0.2, 0.25) is 0 Å². The minimum atomic E-state index is -0.0352. The van der Waals surface area contributed by atoms with Crippen LogP contribution in [-0.2, 0) is 0 Å². The van der Waals surface area contributed by atoms with Gasteiger partial charge in [0.15, 0.2) is 0 Å². The molecule has 0 saturated carbocycles. The Morgan fingerprint density at radius 1 is 1.29 bits per heavy atom. The van der Waals surface area contributed by atoms with E-state index in [0.29, 0.717) is 5.56 Å². The van der Waals surface area contributed by atoms with Gasteiger partial charge in [-0.25, -0.2) is 4.68 Å². The number of nitrogens with zero attached hydrogens (tertiary/aromatic N) is 4. The molecule has 1 aromatic heterocycles. The third-order valence-electron chi connectivity index (χ3n) is 3.63. The molecule has 2 N–H and O–H groups in total. The summed E-state index contributed by atoms with van der Waals surface area (Å²) in [6.07, 6.45) is 4.87. The third kappa shape index (κ3) is 3.43. The zero-order valence-electron chi connectivity index (χ0n) is 11.7. The Bertz CT molecular complexity index is 572. The van der Waals surface area contributed by atoms with Gasteiger partial charge in [-0.3, -0.25) is 4.79 Å². The minimum Gasteiger partial charge on any atom is -0.348 e. The maximum Gasteiger partial charge on any atom is 0.251 e. The van der Waals surface area contributed by atoms with Crippen LogP contribution in [0.5, 0.6) is 0 Å². The number of nitrogens with one attached hydrogen (secondary N) is 2. The summed E-state index contributed by atoms with van der Waals surface area (Å²) in [5.41, 5.74) is 1.48. The van der Waals surface area contributed by atoms with Crippen molar-refractivity contribution in [2.75, 3.05) is 13.1 Å². The molecule has 1 saturated heterocycles. The van der Waals surface area contributed by atoms with E-state index in [9.17, 15) is 4.79 Å². The fourth-order valence-electron chi connectivity index (χ4n) is 2.46. The molecule has 2 aromatic rings. The molecule has 0 aliphatic carbocycles. The first-order valence-electron chi connectivity index (χ1n) is 7.18. The van der Waals surface area contributed by atoms with Gasteiger partial charge in [0.25, 0.3) is 5.91 Å². The molecular weight excluding hydrogens is 268 g/mol. The number of rotatable bonds is 3. The van der Waals surface area contributed by atoms with Crippen molar-refractivity contribution in [3.8, 4) is 5.69 Å². The largest absolute Gasteiger partial charge is 0.348 e. The van der Waals surface area contributed by atoms with Crippen LogP contribution in [0, 0.1) is 0 Å². The van der Waals surface area contributed by atoms with E-state index < -0.39 is 0 Å².